The van der Waals surface area contributed by atoms with Gasteiger partial charge in [-0.2, -0.15) is 0 Å². The van der Waals surface area contributed by atoms with E-state index in [0.29, 0.717) is 0 Å². The molecule has 0 unspecified atom stereocenters. The van der Waals surface area contributed by atoms with Gasteiger partial charge in [-0.1, -0.05) is 19.1 Å². The molecule has 3 heteroatoms. The van der Waals surface area contributed by atoms with Gasteiger partial charge < -0.3 is 4.74 Å². The number of hydrogen-bond donors (Lipinski definition) is 0. The van der Waals surface area contributed by atoms with Crippen LogP contribution in [0.25, 0.3) is 0 Å². The summed E-state index contributed by atoms with van der Waals surface area (Å²) in [6, 6.07) is 8.65. The SMILES string of the molecule is C[C@H]1CCCN(CCOc2ccc(CN3CCC3)cc2)C1. The lowest BCUT2D eigenvalue weighted by Gasteiger charge is -2.31. The topological polar surface area (TPSA) is 15.7 Å². The lowest BCUT2D eigenvalue weighted by molar-refractivity contribution is 0.153. The molecule has 2 saturated heterocycles. The largest absolute Gasteiger partial charge is 0.492 e. The third-order valence-electron chi connectivity index (χ3n) is 4.70. The first-order valence-corrected chi connectivity index (χ1v) is 8.46. The molecule has 1 atom stereocenters. The van der Waals surface area contributed by atoms with E-state index in [1.807, 2.05) is 0 Å². The smallest absolute Gasteiger partial charge is 0.119 e. The minimum atomic E-state index is 0.804. The van der Waals surface area contributed by atoms with E-state index < -0.39 is 0 Å². The maximum atomic E-state index is 5.89. The van der Waals surface area contributed by atoms with Crippen molar-refractivity contribution in [1.29, 1.82) is 0 Å². The van der Waals surface area contributed by atoms with Crippen LogP contribution >= 0.6 is 0 Å². The maximum absolute atomic E-state index is 5.89. The van der Waals surface area contributed by atoms with Crippen LogP contribution in [-0.2, 0) is 6.54 Å². The van der Waals surface area contributed by atoms with E-state index in [0.717, 1.165) is 31.4 Å². The Balaban J connectivity index is 1.38. The lowest BCUT2D eigenvalue weighted by Crippen LogP contribution is -2.37. The standard InChI is InChI=1S/C18H28N2O/c1-16-4-2-9-20(14-16)12-13-21-18-7-5-17(6-8-18)15-19-10-3-11-19/h5-8,16H,2-4,9-15H2,1H3/t16-/m0/s1. The van der Waals surface area contributed by atoms with Crippen LogP contribution < -0.4 is 4.74 Å². The van der Waals surface area contributed by atoms with Gasteiger partial charge in [0.2, 0.25) is 0 Å². The Bertz CT molecular complexity index is 427. The molecule has 0 aliphatic carbocycles. The van der Waals surface area contributed by atoms with Gasteiger partial charge in [0, 0.05) is 19.6 Å². The fourth-order valence-electron chi connectivity index (χ4n) is 3.27. The molecule has 0 bridgehead atoms. The number of hydrogen-bond acceptors (Lipinski definition) is 3. The van der Waals surface area contributed by atoms with Crippen molar-refractivity contribution in [3.8, 4) is 5.75 Å². The zero-order valence-corrected chi connectivity index (χ0v) is 13.3. The number of ether oxygens (including phenoxy) is 1. The van der Waals surface area contributed by atoms with Crippen molar-refractivity contribution in [1.82, 2.24) is 9.80 Å². The van der Waals surface area contributed by atoms with Crippen LogP contribution in [0.1, 0.15) is 31.7 Å². The van der Waals surface area contributed by atoms with Crippen LogP contribution in [0.5, 0.6) is 5.75 Å². The molecule has 2 fully saturated rings. The van der Waals surface area contributed by atoms with Gasteiger partial charge in [0.15, 0.2) is 0 Å². The Hall–Kier alpha value is -1.06. The van der Waals surface area contributed by atoms with E-state index in [1.54, 1.807) is 0 Å². The monoisotopic (exact) mass is 288 g/mol. The van der Waals surface area contributed by atoms with Crippen molar-refractivity contribution in [2.24, 2.45) is 5.92 Å². The molecule has 2 aliphatic heterocycles. The second-order valence-electron chi connectivity index (χ2n) is 6.67. The fourth-order valence-corrected chi connectivity index (χ4v) is 3.27. The Kier molecular flexibility index (Phi) is 5.15. The first kappa shape index (κ1) is 14.9. The summed E-state index contributed by atoms with van der Waals surface area (Å²) in [6.07, 6.45) is 4.08. The van der Waals surface area contributed by atoms with Crippen LogP contribution in [0.4, 0.5) is 0 Å². The van der Waals surface area contributed by atoms with Gasteiger partial charge in [-0.15, -0.1) is 0 Å². The normalized spacial score (nSPS) is 23.8. The van der Waals surface area contributed by atoms with Gasteiger partial charge in [-0.25, -0.2) is 0 Å². The molecular formula is C18H28N2O. The highest BCUT2D eigenvalue weighted by molar-refractivity contribution is 5.27. The molecule has 0 spiro atoms. The highest BCUT2D eigenvalue weighted by atomic mass is 16.5. The maximum Gasteiger partial charge on any atom is 0.119 e. The first-order chi connectivity index (χ1) is 10.3. The molecule has 1 aromatic rings. The summed E-state index contributed by atoms with van der Waals surface area (Å²) in [7, 11) is 0. The van der Waals surface area contributed by atoms with Crippen molar-refractivity contribution < 1.29 is 4.74 Å². The molecule has 2 aliphatic rings. The second kappa shape index (κ2) is 7.28. The quantitative estimate of drug-likeness (QED) is 0.800. The van der Waals surface area contributed by atoms with Gasteiger partial charge in [-0.3, -0.25) is 9.80 Å². The summed E-state index contributed by atoms with van der Waals surface area (Å²) < 4.78 is 5.89. The number of nitrogens with zero attached hydrogens (tertiary/aromatic N) is 2. The van der Waals surface area contributed by atoms with Gasteiger partial charge >= 0.3 is 0 Å². The summed E-state index contributed by atoms with van der Waals surface area (Å²) in [5.41, 5.74) is 1.40. The molecule has 0 N–H and O–H groups in total. The molecule has 0 amide bonds. The van der Waals surface area contributed by atoms with Crippen LogP contribution in [0, 0.1) is 5.92 Å². The number of benzene rings is 1. The molecule has 3 nitrogen and oxygen atoms in total. The van der Waals surface area contributed by atoms with E-state index >= 15 is 0 Å². The first-order valence-electron chi connectivity index (χ1n) is 8.46. The van der Waals surface area contributed by atoms with Crippen molar-refractivity contribution in [2.75, 3.05) is 39.3 Å². The van der Waals surface area contributed by atoms with Crippen molar-refractivity contribution in [3.05, 3.63) is 29.8 Å². The zero-order chi connectivity index (χ0) is 14.5. The van der Waals surface area contributed by atoms with E-state index in [2.05, 4.69) is 41.0 Å². The third-order valence-corrected chi connectivity index (χ3v) is 4.70. The van der Waals surface area contributed by atoms with Gasteiger partial charge in [0.1, 0.15) is 12.4 Å². The number of piperidine rings is 1. The highest BCUT2D eigenvalue weighted by Gasteiger charge is 2.16. The highest BCUT2D eigenvalue weighted by Crippen LogP contribution is 2.17. The lowest BCUT2D eigenvalue weighted by atomic mass is 10.0. The van der Waals surface area contributed by atoms with E-state index in [4.69, 9.17) is 4.74 Å². The van der Waals surface area contributed by atoms with E-state index in [-0.39, 0.29) is 0 Å². The molecule has 0 radical (unpaired) electrons. The molecule has 0 saturated carbocycles. The second-order valence-corrected chi connectivity index (χ2v) is 6.67. The molecular weight excluding hydrogens is 260 g/mol. The molecule has 2 heterocycles. The Morgan fingerprint density at radius 3 is 2.48 bits per heavy atom. The molecule has 3 rings (SSSR count). The summed E-state index contributed by atoms with van der Waals surface area (Å²) in [4.78, 5) is 5.01. The zero-order valence-electron chi connectivity index (χ0n) is 13.3. The van der Waals surface area contributed by atoms with Gasteiger partial charge in [-0.05, 0) is 62.5 Å². The van der Waals surface area contributed by atoms with E-state index in [1.165, 1.54) is 51.0 Å². The molecule has 0 aromatic heterocycles. The predicted molar refractivity (Wildman–Crippen MR) is 86.7 cm³/mol. The summed E-state index contributed by atoms with van der Waals surface area (Å²) >= 11 is 0. The van der Waals surface area contributed by atoms with Crippen molar-refractivity contribution in [2.45, 2.75) is 32.7 Å². The molecule has 116 valence electrons. The van der Waals surface area contributed by atoms with Crippen LogP contribution in [0.15, 0.2) is 24.3 Å². The minimum absolute atomic E-state index is 0.804. The Morgan fingerprint density at radius 1 is 1.05 bits per heavy atom. The van der Waals surface area contributed by atoms with Crippen LogP contribution in [0.3, 0.4) is 0 Å². The summed E-state index contributed by atoms with van der Waals surface area (Å²) in [5, 5.41) is 0. The van der Waals surface area contributed by atoms with Crippen molar-refractivity contribution >= 4 is 0 Å². The fraction of sp³-hybridized carbons (Fsp3) is 0.667. The average molecular weight is 288 g/mol. The van der Waals surface area contributed by atoms with E-state index in [9.17, 15) is 0 Å². The molecule has 21 heavy (non-hydrogen) atoms. The average Bonchev–Trinajstić information content (AvgIpc) is 2.45. The molecule has 1 aromatic carbocycles. The van der Waals surface area contributed by atoms with Gasteiger partial charge in [0.25, 0.3) is 0 Å². The Labute approximate surface area is 128 Å². The Morgan fingerprint density at radius 2 is 1.81 bits per heavy atom. The summed E-state index contributed by atoms with van der Waals surface area (Å²) in [5.74, 6) is 1.85. The third kappa shape index (κ3) is 4.45. The number of likely N-dealkylation sites (tertiary alicyclic amines) is 2. The van der Waals surface area contributed by atoms with Gasteiger partial charge in [0.05, 0.1) is 0 Å². The van der Waals surface area contributed by atoms with Crippen LogP contribution in [-0.4, -0.2) is 49.1 Å². The van der Waals surface area contributed by atoms with Crippen molar-refractivity contribution in [3.63, 3.8) is 0 Å². The minimum Gasteiger partial charge on any atom is -0.492 e. The summed E-state index contributed by atoms with van der Waals surface area (Å²) in [6.45, 7) is 10.3. The van der Waals surface area contributed by atoms with Crippen LogP contribution in [0.2, 0.25) is 0 Å². The predicted octanol–water partition coefficient (Wildman–Crippen LogP) is 3.00. The number of rotatable bonds is 6.